The standard InChI is InChI=1S/C11H18BrNO2S2/c1-2-8(13)11(16-6-7(15)5-14)9-3-4-10(12)17-9/h3-4,7-8,11,14-15H,2,5-6,13H2,1H3. The number of aliphatic hydroxyl groups is 2. The molecule has 0 saturated heterocycles. The van der Waals surface area contributed by atoms with E-state index in [0.29, 0.717) is 5.75 Å². The van der Waals surface area contributed by atoms with Gasteiger partial charge in [-0.15, -0.1) is 23.1 Å². The molecule has 3 nitrogen and oxygen atoms in total. The Balaban J connectivity index is 2.67. The van der Waals surface area contributed by atoms with E-state index in [2.05, 4.69) is 28.9 Å². The third kappa shape index (κ3) is 4.89. The highest BCUT2D eigenvalue weighted by Gasteiger charge is 2.21. The minimum absolute atomic E-state index is 0.0662. The molecule has 0 bridgehead atoms. The van der Waals surface area contributed by atoms with E-state index >= 15 is 0 Å². The fourth-order valence-electron chi connectivity index (χ4n) is 1.38. The summed E-state index contributed by atoms with van der Waals surface area (Å²) in [6, 6.07) is 4.14. The van der Waals surface area contributed by atoms with Gasteiger partial charge >= 0.3 is 0 Å². The van der Waals surface area contributed by atoms with Crippen molar-refractivity contribution >= 4 is 39.0 Å². The summed E-state index contributed by atoms with van der Waals surface area (Å²) in [5, 5.41) is 18.4. The number of nitrogens with two attached hydrogens (primary N) is 1. The van der Waals surface area contributed by atoms with Crippen molar-refractivity contribution in [2.75, 3.05) is 12.4 Å². The maximum Gasteiger partial charge on any atom is 0.0861 e. The largest absolute Gasteiger partial charge is 0.394 e. The quantitative estimate of drug-likeness (QED) is 0.713. The summed E-state index contributed by atoms with van der Waals surface area (Å²) in [5.41, 5.74) is 6.11. The van der Waals surface area contributed by atoms with Crippen LogP contribution in [-0.2, 0) is 0 Å². The maximum atomic E-state index is 9.40. The number of aliphatic hydroxyl groups excluding tert-OH is 2. The molecule has 0 fully saturated rings. The Hall–Kier alpha value is 0.410. The molecule has 0 aromatic carbocycles. The average molecular weight is 340 g/mol. The minimum Gasteiger partial charge on any atom is -0.394 e. The summed E-state index contributed by atoms with van der Waals surface area (Å²) in [4.78, 5) is 1.21. The number of thioether (sulfide) groups is 1. The molecule has 1 aromatic heterocycles. The van der Waals surface area contributed by atoms with Crippen molar-refractivity contribution in [3.8, 4) is 0 Å². The van der Waals surface area contributed by atoms with E-state index in [1.807, 2.05) is 6.07 Å². The molecule has 1 heterocycles. The molecule has 0 aliphatic heterocycles. The molecule has 3 atom stereocenters. The highest BCUT2D eigenvalue weighted by atomic mass is 79.9. The van der Waals surface area contributed by atoms with Crippen LogP contribution in [0.5, 0.6) is 0 Å². The van der Waals surface area contributed by atoms with Crippen molar-refractivity contribution in [2.24, 2.45) is 5.73 Å². The van der Waals surface area contributed by atoms with Gasteiger partial charge in [-0.1, -0.05) is 6.92 Å². The van der Waals surface area contributed by atoms with Crippen LogP contribution in [-0.4, -0.2) is 34.7 Å². The van der Waals surface area contributed by atoms with Gasteiger partial charge in [0.25, 0.3) is 0 Å². The molecule has 4 N–H and O–H groups in total. The molecule has 1 aromatic rings. The highest BCUT2D eigenvalue weighted by Crippen LogP contribution is 2.38. The Labute approximate surface area is 119 Å². The normalized spacial score (nSPS) is 16.8. The first kappa shape index (κ1) is 15.5. The summed E-state index contributed by atoms with van der Waals surface area (Å²) in [6.07, 6.45) is 0.220. The minimum atomic E-state index is -0.671. The molecule has 98 valence electrons. The van der Waals surface area contributed by atoms with E-state index in [1.54, 1.807) is 23.1 Å². The number of halogens is 1. The van der Waals surface area contributed by atoms with Crippen molar-refractivity contribution < 1.29 is 10.2 Å². The zero-order chi connectivity index (χ0) is 12.8. The molecule has 0 aliphatic carbocycles. The van der Waals surface area contributed by atoms with Gasteiger partial charge in [0, 0.05) is 16.7 Å². The van der Waals surface area contributed by atoms with Crippen LogP contribution in [0.2, 0.25) is 0 Å². The highest BCUT2D eigenvalue weighted by molar-refractivity contribution is 9.11. The van der Waals surface area contributed by atoms with Crippen molar-refractivity contribution in [3.63, 3.8) is 0 Å². The smallest absolute Gasteiger partial charge is 0.0861 e. The van der Waals surface area contributed by atoms with Gasteiger partial charge in [0.05, 0.1) is 21.7 Å². The third-order valence-corrected chi connectivity index (χ3v) is 5.81. The lowest BCUT2D eigenvalue weighted by atomic mass is 10.1. The summed E-state index contributed by atoms with van der Waals surface area (Å²) in [7, 11) is 0. The van der Waals surface area contributed by atoms with E-state index in [-0.39, 0.29) is 17.9 Å². The zero-order valence-electron chi connectivity index (χ0n) is 9.67. The molecule has 6 heteroatoms. The molecular formula is C11H18BrNO2S2. The first-order valence-corrected chi connectivity index (χ1v) is 8.15. The SMILES string of the molecule is CCC(N)C(SCC(O)CO)c1ccc(Br)s1. The van der Waals surface area contributed by atoms with Crippen molar-refractivity contribution in [1.82, 2.24) is 0 Å². The van der Waals surface area contributed by atoms with Crippen LogP contribution in [0.3, 0.4) is 0 Å². The fourth-order valence-corrected chi connectivity index (χ4v) is 4.43. The summed E-state index contributed by atoms with van der Waals surface area (Å²) in [6.45, 7) is 1.86. The average Bonchev–Trinajstić information content (AvgIpc) is 2.75. The lowest BCUT2D eigenvalue weighted by molar-refractivity contribution is 0.113. The number of thiophene rings is 1. The van der Waals surface area contributed by atoms with Gasteiger partial charge in [0.1, 0.15) is 0 Å². The Bertz CT molecular complexity index is 335. The van der Waals surface area contributed by atoms with Crippen LogP contribution >= 0.6 is 39.0 Å². The van der Waals surface area contributed by atoms with Gasteiger partial charge in [-0.25, -0.2) is 0 Å². The second-order valence-corrected chi connectivity index (χ2v) is 7.47. The van der Waals surface area contributed by atoms with E-state index < -0.39 is 6.10 Å². The third-order valence-electron chi connectivity index (χ3n) is 2.41. The second kappa shape index (κ2) is 7.76. The van der Waals surface area contributed by atoms with Crippen LogP contribution in [0.25, 0.3) is 0 Å². The molecule has 0 spiro atoms. The molecule has 0 radical (unpaired) electrons. The zero-order valence-corrected chi connectivity index (χ0v) is 12.9. The van der Waals surface area contributed by atoms with Crippen LogP contribution in [0.4, 0.5) is 0 Å². The summed E-state index contributed by atoms with van der Waals surface area (Å²) in [5.74, 6) is 0.504. The van der Waals surface area contributed by atoms with Gasteiger partial charge in [0.2, 0.25) is 0 Å². The van der Waals surface area contributed by atoms with Crippen LogP contribution in [0.1, 0.15) is 23.5 Å². The van der Waals surface area contributed by atoms with Gasteiger partial charge < -0.3 is 15.9 Å². The maximum absolute atomic E-state index is 9.40. The van der Waals surface area contributed by atoms with E-state index in [1.165, 1.54) is 4.88 Å². The van der Waals surface area contributed by atoms with E-state index in [0.717, 1.165) is 10.2 Å². The predicted molar refractivity (Wildman–Crippen MR) is 78.6 cm³/mol. The van der Waals surface area contributed by atoms with Crippen molar-refractivity contribution in [1.29, 1.82) is 0 Å². The molecule has 0 saturated carbocycles. The monoisotopic (exact) mass is 339 g/mol. The fraction of sp³-hybridized carbons (Fsp3) is 0.636. The van der Waals surface area contributed by atoms with Crippen molar-refractivity contribution in [2.45, 2.75) is 30.7 Å². The van der Waals surface area contributed by atoms with E-state index in [9.17, 15) is 5.11 Å². The lowest BCUT2D eigenvalue weighted by Gasteiger charge is -2.22. The summed E-state index contributed by atoms with van der Waals surface area (Å²) < 4.78 is 1.09. The van der Waals surface area contributed by atoms with Gasteiger partial charge in [-0.3, -0.25) is 0 Å². The van der Waals surface area contributed by atoms with Gasteiger partial charge in [-0.2, -0.15) is 0 Å². The predicted octanol–water partition coefficient (Wildman–Crippen LogP) is 2.38. The van der Waals surface area contributed by atoms with Crippen molar-refractivity contribution in [3.05, 3.63) is 20.8 Å². The Morgan fingerprint density at radius 3 is 2.71 bits per heavy atom. The Kier molecular flexibility index (Phi) is 7.06. The first-order chi connectivity index (χ1) is 8.08. The Morgan fingerprint density at radius 2 is 2.24 bits per heavy atom. The molecule has 0 aliphatic rings. The molecule has 17 heavy (non-hydrogen) atoms. The number of hydrogen-bond acceptors (Lipinski definition) is 5. The molecular weight excluding hydrogens is 322 g/mol. The molecule has 3 unspecified atom stereocenters. The second-order valence-electron chi connectivity index (χ2n) is 3.80. The van der Waals surface area contributed by atoms with Crippen LogP contribution < -0.4 is 5.73 Å². The van der Waals surface area contributed by atoms with E-state index in [4.69, 9.17) is 10.8 Å². The first-order valence-electron chi connectivity index (χ1n) is 5.49. The topological polar surface area (TPSA) is 66.5 Å². The van der Waals surface area contributed by atoms with Gasteiger partial charge in [-0.05, 0) is 34.5 Å². The number of hydrogen-bond donors (Lipinski definition) is 3. The summed E-state index contributed by atoms with van der Waals surface area (Å²) >= 11 is 6.72. The Morgan fingerprint density at radius 1 is 1.53 bits per heavy atom. The van der Waals surface area contributed by atoms with Crippen LogP contribution in [0.15, 0.2) is 15.9 Å². The molecule has 1 rings (SSSR count). The lowest BCUT2D eigenvalue weighted by Crippen LogP contribution is -2.27. The van der Waals surface area contributed by atoms with Crippen LogP contribution in [0, 0.1) is 0 Å². The number of rotatable bonds is 7. The molecule has 0 amide bonds. The van der Waals surface area contributed by atoms with Gasteiger partial charge in [0.15, 0.2) is 0 Å².